The van der Waals surface area contributed by atoms with Gasteiger partial charge >= 0.3 is 6.09 Å². The highest BCUT2D eigenvalue weighted by Gasteiger charge is 2.46. The van der Waals surface area contributed by atoms with Crippen molar-refractivity contribution < 1.29 is 18.8 Å². The first-order chi connectivity index (χ1) is 13.5. The van der Waals surface area contributed by atoms with Crippen LogP contribution < -0.4 is 0 Å². The van der Waals surface area contributed by atoms with Crippen LogP contribution in [0.25, 0.3) is 0 Å². The van der Waals surface area contributed by atoms with Gasteiger partial charge in [0, 0.05) is 24.5 Å². The molecule has 0 radical (unpaired) electrons. The highest BCUT2D eigenvalue weighted by Crippen LogP contribution is 2.44. The van der Waals surface area contributed by atoms with Crippen LogP contribution >= 0.6 is 0 Å². The predicted octanol–water partition coefficient (Wildman–Crippen LogP) is 6.25. The number of hydrogen-bond acceptors (Lipinski definition) is 4. The number of ketones is 1. The molecule has 1 fully saturated rings. The molecule has 1 saturated carbocycles. The van der Waals surface area contributed by atoms with Crippen molar-refractivity contribution >= 4 is 28.3 Å². The van der Waals surface area contributed by atoms with Gasteiger partial charge in [-0.15, -0.1) is 0 Å². The Kier molecular flexibility index (Phi) is 9.40. The fourth-order valence-electron chi connectivity index (χ4n) is 4.31. The standard InChI is InChI=1S/C23H47NO4Si2/c1-11-23(15-12-14-19(25)20(23)28-30(8,9)10)16-13-17-24(18-29(5,6)7)21(26)27-22(2,3)4/h20H,11-18H2,1-10H3/t20?,23-/m0/s1. The fourth-order valence-corrected chi connectivity index (χ4v) is 6.83. The first-order valence-corrected chi connectivity index (χ1v) is 18.8. The number of rotatable bonds is 9. The van der Waals surface area contributed by atoms with E-state index in [-0.39, 0.29) is 23.4 Å². The van der Waals surface area contributed by atoms with Crippen molar-refractivity contribution in [2.24, 2.45) is 5.41 Å². The Morgan fingerprint density at radius 3 is 2.23 bits per heavy atom. The van der Waals surface area contributed by atoms with Gasteiger partial charge in [-0.05, 0) is 72.5 Å². The Balaban J connectivity index is 2.93. The maximum absolute atomic E-state index is 12.8. The van der Waals surface area contributed by atoms with E-state index in [1.54, 1.807) is 0 Å². The minimum atomic E-state index is -1.83. The molecule has 1 aliphatic rings. The molecule has 0 heterocycles. The molecule has 0 bridgehead atoms. The summed E-state index contributed by atoms with van der Waals surface area (Å²) in [5.74, 6) is 0.275. The number of hydrogen-bond donors (Lipinski definition) is 0. The third kappa shape index (κ3) is 9.22. The SMILES string of the molecule is CC[C@@]1(CCCN(C[Si](C)(C)C)C(=O)OC(C)(C)C)CCCC(=O)C1O[Si](C)(C)C. The van der Waals surface area contributed by atoms with Crippen molar-refractivity contribution in [1.29, 1.82) is 0 Å². The lowest BCUT2D eigenvalue weighted by Gasteiger charge is -2.45. The number of ether oxygens (including phenoxy) is 1. The number of Topliss-reactive ketones (excluding diaryl/α,β-unsaturated/α-hetero) is 1. The summed E-state index contributed by atoms with van der Waals surface area (Å²) in [4.78, 5) is 27.5. The summed E-state index contributed by atoms with van der Waals surface area (Å²) in [5.41, 5.74) is -0.597. The first-order valence-electron chi connectivity index (χ1n) is 11.7. The molecular weight excluding hydrogens is 410 g/mol. The highest BCUT2D eigenvalue weighted by molar-refractivity contribution is 6.76. The summed E-state index contributed by atoms with van der Waals surface area (Å²) in [6.07, 6.45) is 5.62. The molecule has 0 aromatic carbocycles. The van der Waals surface area contributed by atoms with E-state index in [2.05, 4.69) is 46.2 Å². The fraction of sp³-hybridized carbons (Fsp3) is 0.913. The van der Waals surface area contributed by atoms with Crippen molar-refractivity contribution in [3.05, 3.63) is 0 Å². The molecule has 2 atom stereocenters. The summed E-state index contributed by atoms with van der Waals surface area (Å²) < 4.78 is 12.1. The Morgan fingerprint density at radius 2 is 1.77 bits per heavy atom. The molecule has 30 heavy (non-hydrogen) atoms. The first kappa shape index (κ1) is 27.4. The molecule has 1 amide bonds. The number of amides is 1. The van der Waals surface area contributed by atoms with Crippen LogP contribution in [0.4, 0.5) is 4.79 Å². The average molecular weight is 458 g/mol. The van der Waals surface area contributed by atoms with Crippen LogP contribution in [0.5, 0.6) is 0 Å². The molecule has 0 saturated heterocycles. The lowest BCUT2D eigenvalue weighted by molar-refractivity contribution is -0.138. The molecule has 1 unspecified atom stereocenters. The summed E-state index contributed by atoms with van der Waals surface area (Å²) >= 11 is 0. The van der Waals surface area contributed by atoms with Crippen molar-refractivity contribution in [3.8, 4) is 0 Å². The van der Waals surface area contributed by atoms with Gasteiger partial charge in [-0.3, -0.25) is 4.79 Å². The summed E-state index contributed by atoms with van der Waals surface area (Å²) in [7, 11) is -3.31. The molecule has 0 N–H and O–H groups in total. The van der Waals surface area contributed by atoms with Crippen molar-refractivity contribution in [2.45, 2.75) is 117 Å². The lowest BCUT2D eigenvalue weighted by atomic mass is 9.67. The molecule has 0 aromatic rings. The van der Waals surface area contributed by atoms with E-state index in [4.69, 9.17) is 9.16 Å². The van der Waals surface area contributed by atoms with Crippen molar-refractivity contribution in [2.75, 3.05) is 12.7 Å². The molecule has 7 heteroatoms. The second kappa shape index (κ2) is 10.3. The van der Waals surface area contributed by atoms with Gasteiger partial charge in [-0.2, -0.15) is 0 Å². The number of carbonyl (C=O) groups excluding carboxylic acids is 2. The molecule has 0 aromatic heterocycles. The Morgan fingerprint density at radius 1 is 1.17 bits per heavy atom. The van der Waals surface area contributed by atoms with E-state index in [1.165, 1.54) is 0 Å². The molecule has 1 aliphatic carbocycles. The van der Waals surface area contributed by atoms with Crippen LogP contribution in [0.3, 0.4) is 0 Å². The third-order valence-corrected chi connectivity index (χ3v) is 7.81. The van der Waals surface area contributed by atoms with Gasteiger partial charge in [-0.25, -0.2) is 4.79 Å². The summed E-state index contributed by atoms with van der Waals surface area (Å²) in [6, 6.07) is 0. The predicted molar refractivity (Wildman–Crippen MR) is 130 cm³/mol. The van der Waals surface area contributed by atoms with E-state index in [1.807, 2.05) is 25.7 Å². The summed E-state index contributed by atoms with van der Waals surface area (Å²) in [6.45, 7) is 21.9. The van der Waals surface area contributed by atoms with Gasteiger partial charge in [0.15, 0.2) is 14.1 Å². The van der Waals surface area contributed by atoms with E-state index >= 15 is 0 Å². The maximum atomic E-state index is 12.8. The smallest absolute Gasteiger partial charge is 0.409 e. The van der Waals surface area contributed by atoms with Crippen LogP contribution in [0.2, 0.25) is 39.3 Å². The molecule has 0 spiro atoms. The minimum Gasteiger partial charge on any atom is -0.444 e. The lowest BCUT2D eigenvalue weighted by Crippen LogP contribution is -2.51. The minimum absolute atomic E-state index is 0.103. The zero-order chi connectivity index (χ0) is 23.4. The van der Waals surface area contributed by atoms with Gasteiger partial charge in [0.25, 0.3) is 0 Å². The maximum Gasteiger partial charge on any atom is 0.409 e. The molecule has 5 nitrogen and oxygen atoms in total. The van der Waals surface area contributed by atoms with E-state index in [0.29, 0.717) is 13.0 Å². The van der Waals surface area contributed by atoms with Gasteiger partial charge < -0.3 is 14.1 Å². The Bertz CT molecular complexity index is 589. The van der Waals surface area contributed by atoms with Crippen LogP contribution in [0, 0.1) is 5.41 Å². The van der Waals surface area contributed by atoms with Crippen LogP contribution in [-0.2, 0) is 14.0 Å². The normalized spacial score (nSPS) is 23.4. The second-order valence-electron chi connectivity index (χ2n) is 12.2. The average Bonchev–Trinajstić information content (AvgIpc) is 2.53. The number of nitrogens with zero attached hydrogens (tertiary/aromatic N) is 1. The zero-order valence-corrected chi connectivity index (χ0v) is 23.3. The molecule has 176 valence electrons. The molecular formula is C23H47NO4Si2. The highest BCUT2D eigenvalue weighted by atomic mass is 28.4. The Hall–Kier alpha value is -0.666. The molecule has 0 aliphatic heterocycles. The van der Waals surface area contributed by atoms with Gasteiger partial charge in [-0.1, -0.05) is 26.6 Å². The Labute approximate surface area is 187 Å². The van der Waals surface area contributed by atoms with Crippen molar-refractivity contribution in [3.63, 3.8) is 0 Å². The number of carbonyl (C=O) groups is 2. The monoisotopic (exact) mass is 457 g/mol. The van der Waals surface area contributed by atoms with E-state index < -0.39 is 22.0 Å². The van der Waals surface area contributed by atoms with Gasteiger partial charge in [0.05, 0.1) is 8.07 Å². The van der Waals surface area contributed by atoms with E-state index in [0.717, 1.165) is 38.3 Å². The van der Waals surface area contributed by atoms with Crippen molar-refractivity contribution in [1.82, 2.24) is 4.90 Å². The van der Waals surface area contributed by atoms with Crippen LogP contribution in [0.1, 0.15) is 66.2 Å². The van der Waals surface area contributed by atoms with Crippen LogP contribution in [0.15, 0.2) is 0 Å². The topological polar surface area (TPSA) is 55.8 Å². The summed E-state index contributed by atoms with van der Waals surface area (Å²) in [5, 5.41) is 0. The zero-order valence-electron chi connectivity index (χ0n) is 21.3. The van der Waals surface area contributed by atoms with Gasteiger partial charge in [0.1, 0.15) is 11.7 Å². The molecule has 1 rings (SSSR count). The quantitative estimate of drug-likeness (QED) is 0.384. The third-order valence-electron chi connectivity index (χ3n) is 5.54. The van der Waals surface area contributed by atoms with Gasteiger partial charge in [0.2, 0.25) is 0 Å². The second-order valence-corrected chi connectivity index (χ2v) is 22.1. The van der Waals surface area contributed by atoms with Crippen LogP contribution in [-0.4, -0.2) is 57.6 Å². The van der Waals surface area contributed by atoms with E-state index in [9.17, 15) is 9.59 Å². The largest absolute Gasteiger partial charge is 0.444 e.